The zero-order valence-corrected chi connectivity index (χ0v) is 13.1. The van der Waals surface area contributed by atoms with Gasteiger partial charge in [0.15, 0.2) is 6.61 Å². The number of nitrogens with two attached hydrogens (primary N) is 1. The van der Waals surface area contributed by atoms with Gasteiger partial charge in [0.05, 0.1) is 13.1 Å². The van der Waals surface area contributed by atoms with E-state index in [4.69, 9.17) is 15.0 Å². The first-order valence-electron chi connectivity index (χ1n) is 7.34. The minimum atomic E-state index is -3.12. The number of hydrogen-bond acceptors (Lipinski definition) is 6. The van der Waals surface area contributed by atoms with Crippen LogP contribution in [0.25, 0.3) is 0 Å². The number of carbonyl (C=O) groups is 1. The summed E-state index contributed by atoms with van der Waals surface area (Å²) in [5.74, 6) is -2.31. The number of benzene rings is 1. The minimum Gasteiger partial charge on any atom is -0.485 e. The third-order valence-electron chi connectivity index (χ3n) is 3.10. The summed E-state index contributed by atoms with van der Waals surface area (Å²) in [7, 11) is 0. The topological polar surface area (TPSA) is 103 Å². The Hall–Kier alpha value is -2.55. The fourth-order valence-electron chi connectivity index (χ4n) is 1.73. The van der Waals surface area contributed by atoms with Crippen molar-refractivity contribution < 1.29 is 22.8 Å². The van der Waals surface area contributed by atoms with Crippen LogP contribution in [0.3, 0.4) is 0 Å². The lowest BCUT2D eigenvalue weighted by molar-refractivity contribution is 0.0118. The van der Waals surface area contributed by atoms with Gasteiger partial charge in [-0.1, -0.05) is 12.1 Å². The molecule has 7 nitrogen and oxygen atoms in total. The van der Waals surface area contributed by atoms with E-state index in [-0.39, 0.29) is 12.2 Å². The Morgan fingerprint density at radius 1 is 1.38 bits per heavy atom. The number of aryl methyl sites for hydroxylation is 1. The molecule has 2 aromatic rings. The molecule has 9 heteroatoms. The second kappa shape index (κ2) is 7.82. The van der Waals surface area contributed by atoms with Crippen LogP contribution in [-0.2, 0) is 13.0 Å². The van der Waals surface area contributed by atoms with Crippen molar-refractivity contribution in [2.24, 2.45) is 5.73 Å². The van der Waals surface area contributed by atoms with Crippen LogP contribution in [0.1, 0.15) is 29.0 Å². The molecule has 0 aliphatic rings. The first kappa shape index (κ1) is 17.8. The number of nitrogens with one attached hydrogen (secondary N) is 1. The molecule has 0 radical (unpaired) electrons. The largest absolute Gasteiger partial charge is 0.485 e. The van der Waals surface area contributed by atoms with Crippen molar-refractivity contribution in [2.45, 2.75) is 25.9 Å². The predicted molar refractivity (Wildman–Crippen MR) is 80.8 cm³/mol. The van der Waals surface area contributed by atoms with Crippen molar-refractivity contribution in [2.75, 3.05) is 13.1 Å². The highest BCUT2D eigenvalue weighted by Gasteiger charge is 2.27. The molecular formula is C15H18F2N4O3. The summed E-state index contributed by atoms with van der Waals surface area (Å²) in [5, 5.41) is 5.88. The first-order valence-corrected chi connectivity index (χ1v) is 7.34. The van der Waals surface area contributed by atoms with Crippen molar-refractivity contribution in [1.29, 1.82) is 0 Å². The van der Waals surface area contributed by atoms with Gasteiger partial charge in [-0.25, -0.2) is 8.78 Å². The average Bonchev–Trinajstić information content (AvgIpc) is 3.06. The second-order valence-electron chi connectivity index (χ2n) is 5.01. The van der Waals surface area contributed by atoms with Gasteiger partial charge in [0.25, 0.3) is 11.8 Å². The molecule has 0 atom stereocenters. The van der Waals surface area contributed by atoms with Crippen LogP contribution in [0.5, 0.6) is 5.75 Å². The number of carbonyl (C=O) groups excluding carboxylic acids is 1. The van der Waals surface area contributed by atoms with E-state index in [2.05, 4.69) is 15.5 Å². The van der Waals surface area contributed by atoms with Crippen LogP contribution in [0.2, 0.25) is 0 Å². The van der Waals surface area contributed by atoms with Crippen LogP contribution in [0.4, 0.5) is 8.78 Å². The molecule has 0 bridgehead atoms. The zero-order chi connectivity index (χ0) is 17.6. The predicted octanol–water partition coefficient (Wildman–Crippen LogP) is 1.53. The van der Waals surface area contributed by atoms with Gasteiger partial charge in [0, 0.05) is 12.0 Å². The number of halogens is 2. The van der Waals surface area contributed by atoms with Crippen LogP contribution in [0.15, 0.2) is 28.8 Å². The Kier molecular flexibility index (Phi) is 5.80. The number of alkyl halides is 2. The number of nitrogens with zero attached hydrogens (tertiary/aromatic N) is 2. The number of amides is 1. The van der Waals surface area contributed by atoms with E-state index in [1.54, 1.807) is 12.1 Å². The summed E-state index contributed by atoms with van der Waals surface area (Å²) in [6.07, 6.45) is 0.639. The maximum Gasteiger partial charge on any atom is 0.277 e. The van der Waals surface area contributed by atoms with Gasteiger partial charge in [-0.15, -0.1) is 0 Å². The smallest absolute Gasteiger partial charge is 0.277 e. The molecule has 0 aliphatic heterocycles. The van der Waals surface area contributed by atoms with E-state index in [0.717, 1.165) is 0 Å². The van der Waals surface area contributed by atoms with Crippen molar-refractivity contribution in [1.82, 2.24) is 15.5 Å². The fraction of sp³-hybridized carbons (Fsp3) is 0.400. The van der Waals surface area contributed by atoms with Crippen LogP contribution < -0.4 is 15.8 Å². The van der Waals surface area contributed by atoms with E-state index in [1.165, 1.54) is 12.1 Å². The highest BCUT2D eigenvalue weighted by Crippen LogP contribution is 2.14. The third kappa shape index (κ3) is 4.98. The summed E-state index contributed by atoms with van der Waals surface area (Å²) in [4.78, 5) is 15.9. The molecule has 130 valence electrons. The standard InChI is InChI=1S/C15H18F2N4O3/c1-2-13-20-12(21-24-13)7-23-11-5-3-10(4-6-11)14(22)19-9-15(16,17)8-18/h3-6H,2,7-9,18H2,1H3,(H,19,22). The first-order chi connectivity index (χ1) is 11.4. The second-order valence-corrected chi connectivity index (χ2v) is 5.01. The molecule has 0 saturated heterocycles. The summed E-state index contributed by atoms with van der Waals surface area (Å²) in [6, 6.07) is 6.05. The molecule has 0 aliphatic carbocycles. The summed E-state index contributed by atoms with van der Waals surface area (Å²) in [6.45, 7) is 0.386. The fourth-order valence-corrected chi connectivity index (χ4v) is 1.73. The van der Waals surface area contributed by atoms with E-state index < -0.39 is 24.9 Å². The highest BCUT2D eigenvalue weighted by atomic mass is 19.3. The lowest BCUT2D eigenvalue weighted by Gasteiger charge is -2.14. The number of rotatable bonds is 8. The molecule has 1 aromatic heterocycles. The van der Waals surface area contributed by atoms with Gasteiger partial charge in [0.2, 0.25) is 11.7 Å². The zero-order valence-electron chi connectivity index (χ0n) is 13.1. The minimum absolute atomic E-state index is 0.123. The molecule has 1 heterocycles. The van der Waals surface area contributed by atoms with E-state index in [9.17, 15) is 13.6 Å². The van der Waals surface area contributed by atoms with E-state index in [0.29, 0.717) is 23.9 Å². The maximum atomic E-state index is 13.0. The Labute approximate surface area is 137 Å². The molecule has 1 aromatic carbocycles. The van der Waals surface area contributed by atoms with Crippen molar-refractivity contribution in [3.05, 3.63) is 41.5 Å². The molecule has 0 saturated carbocycles. The molecule has 3 N–H and O–H groups in total. The highest BCUT2D eigenvalue weighted by molar-refractivity contribution is 5.94. The van der Waals surface area contributed by atoms with Crippen molar-refractivity contribution in [3.8, 4) is 5.75 Å². The Morgan fingerprint density at radius 2 is 2.08 bits per heavy atom. The van der Waals surface area contributed by atoms with Crippen molar-refractivity contribution in [3.63, 3.8) is 0 Å². The lowest BCUT2D eigenvalue weighted by Crippen LogP contribution is -2.41. The van der Waals surface area contributed by atoms with Gasteiger partial charge in [-0.2, -0.15) is 4.98 Å². The normalized spacial score (nSPS) is 11.3. The van der Waals surface area contributed by atoms with Crippen molar-refractivity contribution >= 4 is 5.91 Å². The molecule has 0 spiro atoms. The molecule has 2 rings (SSSR count). The number of hydrogen-bond donors (Lipinski definition) is 2. The number of ether oxygens (including phenoxy) is 1. The van der Waals surface area contributed by atoms with Crippen LogP contribution in [0, 0.1) is 0 Å². The molecule has 1 amide bonds. The quantitative estimate of drug-likeness (QED) is 0.755. The van der Waals surface area contributed by atoms with Gasteiger partial charge in [-0.3, -0.25) is 4.79 Å². The average molecular weight is 340 g/mol. The van der Waals surface area contributed by atoms with Gasteiger partial charge in [0.1, 0.15) is 5.75 Å². The van der Waals surface area contributed by atoms with E-state index in [1.807, 2.05) is 6.92 Å². The molecule has 24 heavy (non-hydrogen) atoms. The maximum absolute atomic E-state index is 13.0. The number of aromatic nitrogens is 2. The lowest BCUT2D eigenvalue weighted by atomic mass is 10.2. The van der Waals surface area contributed by atoms with E-state index >= 15 is 0 Å². The van der Waals surface area contributed by atoms with Gasteiger partial charge in [-0.05, 0) is 24.3 Å². The van der Waals surface area contributed by atoms with Crippen LogP contribution in [-0.4, -0.2) is 35.1 Å². The Bertz CT molecular complexity index is 674. The molecule has 0 unspecified atom stereocenters. The third-order valence-corrected chi connectivity index (χ3v) is 3.10. The van der Waals surface area contributed by atoms with Crippen LogP contribution >= 0.6 is 0 Å². The summed E-state index contributed by atoms with van der Waals surface area (Å²) in [5.41, 5.74) is 5.15. The SMILES string of the molecule is CCc1nc(COc2ccc(C(=O)NCC(F)(F)CN)cc2)no1. The summed E-state index contributed by atoms with van der Waals surface area (Å²) >= 11 is 0. The Balaban J connectivity index is 1.86. The Morgan fingerprint density at radius 3 is 2.67 bits per heavy atom. The molecular weight excluding hydrogens is 322 g/mol. The summed E-state index contributed by atoms with van der Waals surface area (Å²) < 4.78 is 36.4. The van der Waals surface area contributed by atoms with Gasteiger partial charge >= 0.3 is 0 Å². The molecule has 0 fully saturated rings. The monoisotopic (exact) mass is 340 g/mol. The van der Waals surface area contributed by atoms with Gasteiger partial charge < -0.3 is 20.3 Å².